The summed E-state index contributed by atoms with van der Waals surface area (Å²) in [5, 5.41) is 0. The minimum Gasteiger partial charge on any atom is -0.440 e. The maximum absolute atomic E-state index is 12.6. The third-order valence-corrected chi connectivity index (χ3v) is 2.11. The minimum atomic E-state index is -0.248. The smallest absolute Gasteiger partial charge is 0.257 e. The molecule has 0 unspecified atom stereocenters. The Labute approximate surface area is 87.9 Å². The van der Waals surface area contributed by atoms with E-state index < -0.39 is 0 Å². The maximum Gasteiger partial charge on any atom is 0.257 e. The average molecular weight is 289 g/mol. The van der Waals surface area contributed by atoms with E-state index in [1.54, 1.807) is 18.4 Å². The zero-order chi connectivity index (χ0) is 9.26. The van der Waals surface area contributed by atoms with Crippen LogP contribution in [0.2, 0.25) is 0 Å². The summed E-state index contributed by atoms with van der Waals surface area (Å²) in [7, 11) is 0. The summed E-state index contributed by atoms with van der Waals surface area (Å²) in [5.74, 6) is -0.248. The second-order valence-electron chi connectivity index (χ2n) is 2.49. The summed E-state index contributed by atoms with van der Waals surface area (Å²) >= 11 is 1.98. The molecule has 0 bridgehead atoms. The van der Waals surface area contributed by atoms with Crippen molar-refractivity contribution in [3.8, 4) is 11.3 Å². The molecule has 0 radical (unpaired) electrons. The summed E-state index contributed by atoms with van der Waals surface area (Å²) < 4.78 is 18.2. The van der Waals surface area contributed by atoms with Gasteiger partial charge in [0.15, 0.2) is 0 Å². The van der Waals surface area contributed by atoms with Gasteiger partial charge in [0, 0.05) is 28.2 Å². The fourth-order valence-corrected chi connectivity index (χ4v) is 1.39. The van der Waals surface area contributed by atoms with Gasteiger partial charge in [0.2, 0.25) is 0 Å². The molecule has 0 spiro atoms. The van der Waals surface area contributed by atoms with Crippen LogP contribution >= 0.6 is 22.6 Å². The molecule has 4 heteroatoms. The van der Waals surface area contributed by atoms with Crippen LogP contribution in [0.5, 0.6) is 0 Å². The first-order valence-corrected chi connectivity index (χ1v) is 4.70. The van der Waals surface area contributed by atoms with Crippen LogP contribution in [0.25, 0.3) is 11.3 Å². The fourth-order valence-electron chi connectivity index (χ4n) is 1.01. The van der Waals surface area contributed by atoms with Gasteiger partial charge in [-0.3, -0.25) is 0 Å². The largest absolute Gasteiger partial charge is 0.440 e. The van der Waals surface area contributed by atoms with Gasteiger partial charge in [-0.1, -0.05) is 0 Å². The number of rotatable bonds is 1. The lowest BCUT2D eigenvalue weighted by atomic mass is 10.2. The first-order valence-electron chi connectivity index (χ1n) is 3.63. The number of nitrogens with zero attached hydrogens (tertiary/aromatic N) is 1. The molecular formula is C9H5FINO. The molecule has 66 valence electrons. The predicted molar refractivity (Wildman–Crippen MR) is 54.6 cm³/mol. The van der Waals surface area contributed by atoms with Gasteiger partial charge in [0.1, 0.15) is 17.8 Å². The lowest BCUT2D eigenvalue weighted by Gasteiger charge is -1.93. The highest BCUT2D eigenvalue weighted by atomic mass is 127. The second-order valence-corrected chi connectivity index (χ2v) is 3.42. The number of benzene rings is 1. The number of halogens is 2. The van der Waals surface area contributed by atoms with E-state index >= 15 is 0 Å². The standard InChI is InChI=1S/C9H5FINO/c10-7-3-1-6(2-4-7)8-5-13-9(11)12-8/h1-5H. The average Bonchev–Trinajstić information content (AvgIpc) is 2.53. The summed E-state index contributed by atoms with van der Waals surface area (Å²) in [6.07, 6.45) is 1.55. The highest BCUT2D eigenvalue weighted by Crippen LogP contribution is 2.19. The molecule has 0 atom stereocenters. The molecular weight excluding hydrogens is 284 g/mol. The van der Waals surface area contributed by atoms with Crippen molar-refractivity contribution in [3.05, 3.63) is 40.2 Å². The van der Waals surface area contributed by atoms with Crippen LogP contribution in [0.4, 0.5) is 4.39 Å². The van der Waals surface area contributed by atoms with E-state index in [1.165, 1.54) is 12.1 Å². The van der Waals surface area contributed by atoms with Crippen molar-refractivity contribution in [2.45, 2.75) is 0 Å². The molecule has 0 saturated carbocycles. The molecule has 0 N–H and O–H groups in total. The Kier molecular flexibility index (Phi) is 2.30. The Morgan fingerprint density at radius 1 is 1.23 bits per heavy atom. The van der Waals surface area contributed by atoms with Crippen LogP contribution in [0.1, 0.15) is 0 Å². The molecule has 0 aliphatic carbocycles. The van der Waals surface area contributed by atoms with Crippen molar-refractivity contribution < 1.29 is 8.81 Å². The molecule has 13 heavy (non-hydrogen) atoms. The van der Waals surface area contributed by atoms with Crippen molar-refractivity contribution in [3.63, 3.8) is 0 Å². The summed E-state index contributed by atoms with van der Waals surface area (Å²) in [6, 6.07) is 6.14. The molecule has 0 aliphatic rings. The van der Waals surface area contributed by atoms with Crippen molar-refractivity contribution in [1.82, 2.24) is 4.98 Å². The fraction of sp³-hybridized carbons (Fsp3) is 0. The van der Waals surface area contributed by atoms with E-state index in [4.69, 9.17) is 4.42 Å². The third-order valence-electron chi connectivity index (χ3n) is 1.62. The Balaban J connectivity index is 2.41. The number of aromatic nitrogens is 1. The molecule has 0 aliphatic heterocycles. The lowest BCUT2D eigenvalue weighted by molar-refractivity contribution is 0.525. The second kappa shape index (κ2) is 3.45. The normalized spacial score (nSPS) is 10.3. The Morgan fingerprint density at radius 2 is 1.92 bits per heavy atom. The van der Waals surface area contributed by atoms with E-state index in [9.17, 15) is 4.39 Å². The first kappa shape index (κ1) is 8.68. The van der Waals surface area contributed by atoms with Crippen molar-refractivity contribution >= 4 is 22.6 Å². The Bertz CT molecular complexity index is 410. The molecule has 1 aromatic carbocycles. The highest BCUT2D eigenvalue weighted by Gasteiger charge is 2.03. The zero-order valence-electron chi connectivity index (χ0n) is 6.50. The molecule has 1 heterocycles. The maximum atomic E-state index is 12.6. The van der Waals surface area contributed by atoms with Crippen LogP contribution in [0.3, 0.4) is 0 Å². The Morgan fingerprint density at radius 3 is 2.46 bits per heavy atom. The first-order chi connectivity index (χ1) is 6.25. The lowest BCUT2D eigenvalue weighted by Crippen LogP contribution is -1.78. The van der Waals surface area contributed by atoms with Crippen molar-refractivity contribution in [2.24, 2.45) is 0 Å². The van der Waals surface area contributed by atoms with E-state index in [1.807, 2.05) is 22.6 Å². The molecule has 1 aromatic heterocycles. The monoisotopic (exact) mass is 289 g/mol. The molecule has 0 amide bonds. The Hall–Kier alpha value is -0.910. The molecule has 0 saturated heterocycles. The van der Waals surface area contributed by atoms with E-state index in [-0.39, 0.29) is 5.82 Å². The van der Waals surface area contributed by atoms with Crippen LogP contribution < -0.4 is 0 Å². The van der Waals surface area contributed by atoms with Crippen LogP contribution in [-0.2, 0) is 0 Å². The number of hydrogen-bond acceptors (Lipinski definition) is 2. The van der Waals surface area contributed by atoms with E-state index in [0.717, 1.165) is 11.3 Å². The van der Waals surface area contributed by atoms with Gasteiger partial charge in [-0.2, -0.15) is 0 Å². The zero-order valence-corrected chi connectivity index (χ0v) is 8.66. The summed E-state index contributed by atoms with van der Waals surface area (Å²) in [6.45, 7) is 0. The third kappa shape index (κ3) is 1.88. The molecule has 2 rings (SSSR count). The molecule has 0 fully saturated rings. The van der Waals surface area contributed by atoms with Crippen molar-refractivity contribution in [1.29, 1.82) is 0 Å². The van der Waals surface area contributed by atoms with Gasteiger partial charge < -0.3 is 4.42 Å². The van der Waals surface area contributed by atoms with Gasteiger partial charge in [-0.15, -0.1) is 0 Å². The van der Waals surface area contributed by atoms with Gasteiger partial charge in [-0.25, -0.2) is 9.37 Å². The summed E-state index contributed by atoms with van der Waals surface area (Å²) in [4.78, 5) is 4.11. The predicted octanol–water partition coefficient (Wildman–Crippen LogP) is 3.09. The quantitative estimate of drug-likeness (QED) is 0.754. The molecule has 2 nitrogen and oxygen atoms in total. The van der Waals surface area contributed by atoms with Crippen LogP contribution in [0.15, 0.2) is 34.9 Å². The van der Waals surface area contributed by atoms with Crippen LogP contribution in [-0.4, -0.2) is 4.98 Å². The number of oxazole rings is 1. The van der Waals surface area contributed by atoms with Gasteiger partial charge in [0.05, 0.1) is 0 Å². The topological polar surface area (TPSA) is 26.0 Å². The highest BCUT2D eigenvalue weighted by molar-refractivity contribution is 14.1. The van der Waals surface area contributed by atoms with Crippen molar-refractivity contribution in [2.75, 3.05) is 0 Å². The summed E-state index contributed by atoms with van der Waals surface area (Å²) in [5.41, 5.74) is 1.58. The SMILES string of the molecule is Fc1ccc(-c2coc(I)n2)cc1. The van der Waals surface area contributed by atoms with Crippen LogP contribution in [0, 0.1) is 9.71 Å². The molecule has 2 aromatic rings. The van der Waals surface area contributed by atoms with E-state index in [2.05, 4.69) is 4.98 Å². The van der Waals surface area contributed by atoms with Gasteiger partial charge in [-0.05, 0) is 24.3 Å². The van der Waals surface area contributed by atoms with Gasteiger partial charge >= 0.3 is 0 Å². The minimum absolute atomic E-state index is 0.248. The van der Waals surface area contributed by atoms with E-state index in [0.29, 0.717) is 3.90 Å². The van der Waals surface area contributed by atoms with Gasteiger partial charge in [0.25, 0.3) is 3.90 Å². The number of hydrogen-bond donors (Lipinski definition) is 0.